The number of carbonyl (C=O) groups excluding carboxylic acids is 2. The lowest BCUT2D eigenvalue weighted by Gasteiger charge is -2.28. The van der Waals surface area contributed by atoms with Crippen molar-refractivity contribution in [2.75, 3.05) is 6.54 Å². The normalized spacial score (nSPS) is 15.2. The van der Waals surface area contributed by atoms with Crippen molar-refractivity contribution in [3.05, 3.63) is 64.5 Å². The molecule has 6 nitrogen and oxygen atoms in total. The van der Waals surface area contributed by atoms with Crippen molar-refractivity contribution < 1.29 is 18.4 Å². The molecule has 8 heteroatoms. The second-order valence-corrected chi connectivity index (χ2v) is 5.95. The number of amides is 2. The van der Waals surface area contributed by atoms with Gasteiger partial charge in [-0.25, -0.2) is 13.8 Å². The van der Waals surface area contributed by atoms with Crippen LogP contribution in [-0.2, 0) is 11.2 Å². The van der Waals surface area contributed by atoms with E-state index in [1.54, 1.807) is 0 Å². The Labute approximate surface area is 147 Å². The second-order valence-electron chi connectivity index (χ2n) is 5.95. The minimum absolute atomic E-state index is 0.137. The number of primary amides is 1. The molecule has 0 radical (unpaired) electrons. The van der Waals surface area contributed by atoms with Crippen LogP contribution >= 0.6 is 0 Å². The quantitative estimate of drug-likeness (QED) is 0.903. The highest BCUT2D eigenvalue weighted by molar-refractivity contribution is 5.96. The van der Waals surface area contributed by atoms with Crippen molar-refractivity contribution in [1.29, 1.82) is 5.26 Å². The number of halogens is 2. The van der Waals surface area contributed by atoms with Crippen LogP contribution in [0.5, 0.6) is 0 Å². The fourth-order valence-electron chi connectivity index (χ4n) is 3.19. The molecule has 132 valence electrons. The van der Waals surface area contributed by atoms with Gasteiger partial charge < -0.3 is 10.6 Å². The van der Waals surface area contributed by atoms with E-state index in [1.807, 2.05) is 6.07 Å². The molecule has 3 rings (SSSR count). The van der Waals surface area contributed by atoms with Gasteiger partial charge in [0, 0.05) is 12.3 Å². The third-order valence-electron chi connectivity index (χ3n) is 4.31. The van der Waals surface area contributed by atoms with Gasteiger partial charge in [-0.05, 0) is 42.2 Å². The molecule has 0 aliphatic heterocycles. The molecule has 0 fully saturated rings. The summed E-state index contributed by atoms with van der Waals surface area (Å²) >= 11 is 0. The van der Waals surface area contributed by atoms with E-state index in [2.05, 4.69) is 4.98 Å². The average Bonchev–Trinajstić information content (AvgIpc) is 3.03. The largest absolute Gasteiger partial charge is 0.368 e. The molecule has 2 aromatic rings. The van der Waals surface area contributed by atoms with E-state index < -0.39 is 36.0 Å². The molecule has 26 heavy (non-hydrogen) atoms. The second kappa shape index (κ2) is 6.88. The summed E-state index contributed by atoms with van der Waals surface area (Å²) in [5, 5.41) is 8.79. The number of hydrogen-bond acceptors (Lipinski definition) is 4. The van der Waals surface area contributed by atoms with Gasteiger partial charge in [-0.3, -0.25) is 9.59 Å². The minimum atomic E-state index is -0.750. The Morgan fingerprint density at radius 2 is 2.12 bits per heavy atom. The van der Waals surface area contributed by atoms with Crippen molar-refractivity contribution in [1.82, 2.24) is 9.88 Å². The monoisotopic (exact) mass is 356 g/mol. The summed E-state index contributed by atoms with van der Waals surface area (Å²) in [7, 11) is 0. The number of rotatable bonds is 4. The van der Waals surface area contributed by atoms with Crippen LogP contribution in [0.3, 0.4) is 0 Å². The maximum Gasteiger partial charge on any atom is 0.256 e. The Bertz CT molecular complexity index is 922. The number of fused-ring (bicyclic) bond motifs is 1. The van der Waals surface area contributed by atoms with E-state index in [9.17, 15) is 18.4 Å². The molecule has 1 heterocycles. The maximum absolute atomic E-state index is 14.0. The van der Waals surface area contributed by atoms with Gasteiger partial charge in [0.25, 0.3) is 5.91 Å². The predicted octanol–water partition coefficient (Wildman–Crippen LogP) is 1.85. The minimum Gasteiger partial charge on any atom is -0.368 e. The molecular formula is C18H14F2N4O2. The Balaban J connectivity index is 1.99. The first-order chi connectivity index (χ1) is 12.4. The number of aromatic nitrogens is 1. The van der Waals surface area contributed by atoms with Crippen molar-refractivity contribution in [3.8, 4) is 6.07 Å². The first-order valence-electron chi connectivity index (χ1n) is 7.84. The summed E-state index contributed by atoms with van der Waals surface area (Å²) in [5.74, 6) is -2.72. The average molecular weight is 356 g/mol. The molecule has 0 saturated carbocycles. The smallest absolute Gasteiger partial charge is 0.256 e. The summed E-state index contributed by atoms with van der Waals surface area (Å²) in [4.78, 5) is 29.3. The highest BCUT2D eigenvalue weighted by Crippen LogP contribution is 2.38. The molecule has 1 aliphatic carbocycles. The van der Waals surface area contributed by atoms with Gasteiger partial charge in [0.1, 0.15) is 29.9 Å². The van der Waals surface area contributed by atoms with Gasteiger partial charge in [-0.2, -0.15) is 5.26 Å². The van der Waals surface area contributed by atoms with Crippen molar-refractivity contribution >= 4 is 11.8 Å². The molecule has 2 N–H and O–H groups in total. The van der Waals surface area contributed by atoms with Crippen LogP contribution in [-0.4, -0.2) is 28.2 Å². The van der Waals surface area contributed by atoms with Crippen LogP contribution in [0.2, 0.25) is 0 Å². The van der Waals surface area contributed by atoms with Crippen LogP contribution in [0.15, 0.2) is 30.5 Å². The number of benzene rings is 1. The zero-order chi connectivity index (χ0) is 18.8. The van der Waals surface area contributed by atoms with Gasteiger partial charge in [-0.1, -0.05) is 0 Å². The molecular weight excluding hydrogens is 342 g/mol. The lowest BCUT2D eigenvalue weighted by molar-refractivity contribution is -0.119. The van der Waals surface area contributed by atoms with Crippen molar-refractivity contribution in [2.45, 2.75) is 18.9 Å². The number of nitriles is 1. The molecule has 1 aromatic carbocycles. The number of nitrogens with zero attached hydrogens (tertiary/aromatic N) is 3. The van der Waals surface area contributed by atoms with Crippen LogP contribution in [0.25, 0.3) is 0 Å². The van der Waals surface area contributed by atoms with E-state index in [0.717, 1.165) is 6.07 Å². The zero-order valence-electron chi connectivity index (χ0n) is 13.6. The number of pyridine rings is 1. The fourth-order valence-corrected chi connectivity index (χ4v) is 3.19. The first-order valence-corrected chi connectivity index (χ1v) is 7.84. The molecule has 0 bridgehead atoms. The SMILES string of the molecule is N#Cc1ccc(C(=O)N(CC(N)=O)C2CCc3c(F)cc(F)cc32)cn1. The lowest BCUT2D eigenvalue weighted by atomic mass is 10.0. The Morgan fingerprint density at radius 1 is 1.35 bits per heavy atom. The number of hydrogen-bond donors (Lipinski definition) is 1. The van der Waals surface area contributed by atoms with E-state index in [-0.39, 0.29) is 11.3 Å². The summed E-state index contributed by atoms with van der Waals surface area (Å²) in [6, 6.07) is 5.92. The van der Waals surface area contributed by atoms with Gasteiger partial charge in [0.15, 0.2) is 0 Å². The zero-order valence-corrected chi connectivity index (χ0v) is 13.6. The third-order valence-corrected chi connectivity index (χ3v) is 4.31. The van der Waals surface area contributed by atoms with Crippen LogP contribution in [0, 0.1) is 23.0 Å². The number of carbonyl (C=O) groups is 2. The standard InChI is InChI=1S/C18H14F2N4O2/c19-11-5-14-13(15(20)6-11)3-4-16(14)24(9-17(22)25)18(26)10-1-2-12(7-21)23-8-10/h1-2,5-6,8,16H,3-4,9H2,(H2,22,25). The molecule has 1 unspecified atom stereocenters. The maximum atomic E-state index is 14.0. The summed E-state index contributed by atoms with van der Waals surface area (Å²) < 4.78 is 27.6. The van der Waals surface area contributed by atoms with E-state index in [4.69, 9.17) is 11.0 Å². The highest BCUT2D eigenvalue weighted by Gasteiger charge is 2.34. The van der Waals surface area contributed by atoms with Crippen LogP contribution in [0.4, 0.5) is 8.78 Å². The fraction of sp³-hybridized carbons (Fsp3) is 0.222. The molecule has 0 spiro atoms. The Hall–Kier alpha value is -3.34. The highest BCUT2D eigenvalue weighted by atomic mass is 19.1. The van der Waals surface area contributed by atoms with E-state index in [1.165, 1.54) is 29.3 Å². The molecule has 1 aliphatic rings. The summed E-state index contributed by atoms with van der Waals surface area (Å²) in [6.45, 7) is -0.402. The van der Waals surface area contributed by atoms with Crippen molar-refractivity contribution in [2.24, 2.45) is 5.73 Å². The topological polar surface area (TPSA) is 100 Å². The van der Waals surface area contributed by atoms with E-state index in [0.29, 0.717) is 24.0 Å². The molecule has 1 aromatic heterocycles. The molecule has 0 saturated heterocycles. The van der Waals surface area contributed by atoms with Gasteiger partial charge in [-0.15, -0.1) is 0 Å². The summed E-state index contributed by atoms with van der Waals surface area (Å²) in [5.41, 5.74) is 6.21. The van der Waals surface area contributed by atoms with E-state index >= 15 is 0 Å². The molecule has 2 amide bonds. The van der Waals surface area contributed by atoms with Crippen LogP contribution < -0.4 is 5.73 Å². The van der Waals surface area contributed by atoms with Gasteiger partial charge in [0.2, 0.25) is 5.91 Å². The lowest BCUT2D eigenvalue weighted by Crippen LogP contribution is -2.40. The summed E-state index contributed by atoms with van der Waals surface area (Å²) in [6.07, 6.45) is 1.88. The van der Waals surface area contributed by atoms with Gasteiger partial charge >= 0.3 is 0 Å². The van der Waals surface area contributed by atoms with Crippen LogP contribution in [0.1, 0.15) is 39.6 Å². The van der Waals surface area contributed by atoms with Gasteiger partial charge in [0.05, 0.1) is 11.6 Å². The third kappa shape index (κ3) is 3.24. The Morgan fingerprint density at radius 3 is 2.73 bits per heavy atom. The Kier molecular flexibility index (Phi) is 4.63. The first kappa shape index (κ1) is 17.5. The molecule has 1 atom stereocenters. The predicted molar refractivity (Wildman–Crippen MR) is 86.6 cm³/mol. The number of nitrogens with two attached hydrogens (primary N) is 1. The van der Waals surface area contributed by atoms with Crippen molar-refractivity contribution in [3.63, 3.8) is 0 Å².